The quantitative estimate of drug-likeness (QED) is 0.111. The predicted molar refractivity (Wildman–Crippen MR) is 158 cm³/mol. The molecular weight excluding hydrogens is 410 g/mol. The van der Waals surface area contributed by atoms with E-state index in [-0.39, 0.29) is 5.54 Å². The van der Waals surface area contributed by atoms with Gasteiger partial charge in [0.1, 0.15) is 0 Å². The Balaban J connectivity index is 4.82. The van der Waals surface area contributed by atoms with Crippen LogP contribution in [0.15, 0.2) is 0 Å². The molecule has 0 aromatic heterocycles. The third-order valence-corrected chi connectivity index (χ3v) is 8.37. The topological polar surface area (TPSA) is 26.0 Å². The largest absolute Gasteiger partial charge is 0.325 e. The van der Waals surface area contributed by atoms with Crippen molar-refractivity contribution >= 4 is 0 Å². The monoisotopic (exact) mass is 480 g/mol. The lowest BCUT2D eigenvalue weighted by molar-refractivity contribution is 0.189. The van der Waals surface area contributed by atoms with Crippen molar-refractivity contribution in [3.8, 4) is 0 Å². The minimum Gasteiger partial charge on any atom is -0.325 e. The molecule has 206 valence electrons. The zero-order valence-corrected chi connectivity index (χ0v) is 24.7. The van der Waals surface area contributed by atoms with Crippen LogP contribution in [0.4, 0.5) is 0 Å². The maximum atomic E-state index is 7.41. The van der Waals surface area contributed by atoms with Gasteiger partial charge in [-0.2, -0.15) is 0 Å². The highest BCUT2D eigenvalue weighted by atomic mass is 14.8. The molecule has 34 heavy (non-hydrogen) atoms. The second-order valence-electron chi connectivity index (χ2n) is 11.7. The zero-order valence-electron chi connectivity index (χ0n) is 24.7. The second-order valence-corrected chi connectivity index (χ2v) is 11.7. The molecule has 0 aliphatic carbocycles. The summed E-state index contributed by atoms with van der Waals surface area (Å²) in [5.74, 6) is 0.756. The van der Waals surface area contributed by atoms with Gasteiger partial charge in [0.25, 0.3) is 0 Å². The van der Waals surface area contributed by atoms with E-state index in [2.05, 4.69) is 27.7 Å². The fourth-order valence-corrected chi connectivity index (χ4v) is 5.89. The van der Waals surface area contributed by atoms with Crippen molar-refractivity contribution < 1.29 is 0 Å². The highest BCUT2D eigenvalue weighted by Crippen LogP contribution is 2.35. The molecule has 0 bridgehead atoms. The Bertz CT molecular complexity index is 363. The summed E-state index contributed by atoms with van der Waals surface area (Å²) in [7, 11) is 0. The van der Waals surface area contributed by atoms with Gasteiger partial charge in [0.15, 0.2) is 0 Å². The smallest absolute Gasteiger partial charge is 0.0182 e. The molecule has 0 amide bonds. The fraction of sp³-hybridized carbons (Fsp3) is 1.00. The molecule has 2 N–H and O–H groups in total. The molecule has 0 aromatic carbocycles. The molecule has 1 atom stereocenters. The summed E-state index contributed by atoms with van der Waals surface area (Å²) in [4.78, 5) is 0. The van der Waals surface area contributed by atoms with Gasteiger partial charge in [-0.3, -0.25) is 0 Å². The highest BCUT2D eigenvalue weighted by Gasteiger charge is 2.33. The SMILES string of the molecule is CCCCCCCCCCC(CCCCCCC)C(N)(CCCCCCC)CCCCCCC. The van der Waals surface area contributed by atoms with Gasteiger partial charge in [-0.05, 0) is 31.6 Å². The number of nitrogens with two attached hydrogens (primary N) is 1. The molecule has 0 spiro atoms. The van der Waals surface area contributed by atoms with Crippen LogP contribution in [0.2, 0.25) is 0 Å². The van der Waals surface area contributed by atoms with E-state index in [1.807, 2.05) is 0 Å². The molecule has 0 aromatic rings. The van der Waals surface area contributed by atoms with Gasteiger partial charge < -0.3 is 5.73 Å². The summed E-state index contributed by atoms with van der Waals surface area (Å²) in [5.41, 5.74) is 7.51. The molecule has 0 aliphatic rings. The zero-order chi connectivity index (χ0) is 25.2. The summed E-state index contributed by atoms with van der Waals surface area (Å²) in [5, 5.41) is 0. The van der Waals surface area contributed by atoms with E-state index in [1.54, 1.807) is 0 Å². The Morgan fingerprint density at radius 1 is 0.382 bits per heavy atom. The van der Waals surface area contributed by atoms with E-state index in [0.717, 1.165) is 5.92 Å². The van der Waals surface area contributed by atoms with Crippen molar-refractivity contribution in [2.75, 3.05) is 0 Å². The Labute approximate surface area is 218 Å². The summed E-state index contributed by atoms with van der Waals surface area (Å²) in [6, 6.07) is 0. The number of rotatable bonds is 28. The highest BCUT2D eigenvalue weighted by molar-refractivity contribution is 4.91. The molecule has 0 aliphatic heterocycles. The lowest BCUT2D eigenvalue weighted by Crippen LogP contribution is -2.47. The lowest BCUT2D eigenvalue weighted by Gasteiger charge is -2.39. The first-order valence-electron chi connectivity index (χ1n) is 16.4. The summed E-state index contributed by atoms with van der Waals surface area (Å²) >= 11 is 0. The maximum absolute atomic E-state index is 7.41. The first kappa shape index (κ1) is 34.0. The van der Waals surface area contributed by atoms with Crippen LogP contribution in [0.25, 0.3) is 0 Å². The number of unbranched alkanes of at least 4 members (excludes halogenated alkanes) is 19. The van der Waals surface area contributed by atoms with Crippen molar-refractivity contribution in [2.45, 2.75) is 207 Å². The Hall–Kier alpha value is -0.0400. The Morgan fingerprint density at radius 2 is 0.647 bits per heavy atom. The van der Waals surface area contributed by atoms with Crippen LogP contribution in [-0.4, -0.2) is 5.54 Å². The molecular formula is C33H69N. The standard InChI is InChI=1S/C33H69N/c1-5-9-13-17-18-19-21-25-29-32(28-24-20-14-10-6-2)33(34,30-26-22-15-11-7-3)31-27-23-16-12-8-4/h32H,5-31,34H2,1-4H3. The minimum atomic E-state index is 0.101. The number of hydrogen-bond donors (Lipinski definition) is 1. The van der Waals surface area contributed by atoms with Crippen LogP contribution < -0.4 is 5.73 Å². The minimum absolute atomic E-state index is 0.101. The normalized spacial score (nSPS) is 13.0. The van der Waals surface area contributed by atoms with E-state index in [0.29, 0.717) is 0 Å². The van der Waals surface area contributed by atoms with Gasteiger partial charge in [-0.15, -0.1) is 0 Å². The molecule has 1 nitrogen and oxygen atoms in total. The molecule has 1 unspecified atom stereocenters. The Morgan fingerprint density at radius 3 is 0.971 bits per heavy atom. The van der Waals surface area contributed by atoms with E-state index < -0.39 is 0 Å². The maximum Gasteiger partial charge on any atom is 0.0182 e. The van der Waals surface area contributed by atoms with E-state index in [1.165, 1.54) is 173 Å². The summed E-state index contributed by atoms with van der Waals surface area (Å²) in [6.07, 6.45) is 37.5. The third-order valence-electron chi connectivity index (χ3n) is 8.37. The van der Waals surface area contributed by atoms with Crippen molar-refractivity contribution in [3.63, 3.8) is 0 Å². The van der Waals surface area contributed by atoms with Gasteiger partial charge in [0.2, 0.25) is 0 Å². The van der Waals surface area contributed by atoms with E-state index >= 15 is 0 Å². The van der Waals surface area contributed by atoms with Crippen LogP contribution in [0, 0.1) is 5.92 Å². The van der Waals surface area contributed by atoms with E-state index in [4.69, 9.17) is 5.73 Å². The molecule has 0 fully saturated rings. The van der Waals surface area contributed by atoms with Crippen LogP contribution >= 0.6 is 0 Å². The summed E-state index contributed by atoms with van der Waals surface area (Å²) in [6.45, 7) is 9.28. The summed E-state index contributed by atoms with van der Waals surface area (Å²) < 4.78 is 0. The molecule has 0 rings (SSSR count). The lowest BCUT2D eigenvalue weighted by atomic mass is 9.72. The van der Waals surface area contributed by atoms with Gasteiger partial charge in [0.05, 0.1) is 0 Å². The van der Waals surface area contributed by atoms with Crippen LogP contribution in [0.3, 0.4) is 0 Å². The van der Waals surface area contributed by atoms with Crippen molar-refractivity contribution in [2.24, 2.45) is 11.7 Å². The molecule has 0 radical (unpaired) electrons. The van der Waals surface area contributed by atoms with Gasteiger partial charge in [0, 0.05) is 5.54 Å². The van der Waals surface area contributed by atoms with Crippen molar-refractivity contribution in [3.05, 3.63) is 0 Å². The third kappa shape index (κ3) is 20.2. The van der Waals surface area contributed by atoms with Crippen molar-refractivity contribution in [1.29, 1.82) is 0 Å². The van der Waals surface area contributed by atoms with Crippen LogP contribution in [-0.2, 0) is 0 Å². The average molecular weight is 480 g/mol. The van der Waals surface area contributed by atoms with Crippen molar-refractivity contribution in [1.82, 2.24) is 0 Å². The first-order valence-corrected chi connectivity index (χ1v) is 16.4. The van der Waals surface area contributed by atoms with Crippen LogP contribution in [0.5, 0.6) is 0 Å². The average Bonchev–Trinajstić information content (AvgIpc) is 2.84. The Kier molecular flexibility index (Phi) is 26.0. The van der Waals surface area contributed by atoms with Gasteiger partial charge >= 0.3 is 0 Å². The predicted octanol–water partition coefficient (Wildman–Crippen LogP) is 11.9. The second kappa shape index (κ2) is 26.0. The van der Waals surface area contributed by atoms with Gasteiger partial charge in [-0.1, -0.05) is 175 Å². The van der Waals surface area contributed by atoms with Gasteiger partial charge in [-0.25, -0.2) is 0 Å². The molecule has 0 saturated carbocycles. The molecule has 0 heterocycles. The van der Waals surface area contributed by atoms with E-state index in [9.17, 15) is 0 Å². The molecule has 0 saturated heterocycles. The fourth-order valence-electron chi connectivity index (χ4n) is 5.89. The first-order chi connectivity index (χ1) is 16.6. The van der Waals surface area contributed by atoms with Crippen LogP contribution in [0.1, 0.15) is 201 Å². The number of hydrogen-bond acceptors (Lipinski definition) is 1. The molecule has 1 heteroatoms.